The van der Waals surface area contributed by atoms with Crippen LogP contribution >= 0.6 is 11.3 Å². The summed E-state index contributed by atoms with van der Waals surface area (Å²) in [5.41, 5.74) is 3.66. The highest BCUT2D eigenvalue weighted by Gasteiger charge is 2.30. The van der Waals surface area contributed by atoms with Gasteiger partial charge in [0.2, 0.25) is 5.91 Å². The molecule has 3 heterocycles. The maximum absolute atomic E-state index is 12.4. The summed E-state index contributed by atoms with van der Waals surface area (Å²) in [6, 6.07) is 8.97. The molecule has 0 bridgehead atoms. The molecule has 2 aliphatic rings. The molecule has 1 unspecified atom stereocenters. The Labute approximate surface area is 180 Å². The first-order valence-electron chi connectivity index (χ1n) is 10.7. The molecule has 1 aliphatic heterocycles. The third kappa shape index (κ3) is 3.79. The lowest BCUT2D eigenvalue weighted by molar-refractivity contribution is -0.126. The van der Waals surface area contributed by atoms with Gasteiger partial charge in [-0.1, -0.05) is 29.8 Å². The summed E-state index contributed by atoms with van der Waals surface area (Å²) in [6.45, 7) is 7.55. The lowest BCUT2D eigenvalue weighted by atomic mass is 10.0. The molecule has 1 saturated carbocycles. The lowest BCUT2D eigenvalue weighted by Gasteiger charge is -2.38. The topological polar surface area (TPSA) is 61.4 Å². The van der Waals surface area contributed by atoms with Crippen molar-refractivity contribution in [2.24, 2.45) is 0 Å². The number of thiophene rings is 1. The number of rotatable bonds is 5. The summed E-state index contributed by atoms with van der Waals surface area (Å²) >= 11 is 1.67. The van der Waals surface area contributed by atoms with E-state index in [0.29, 0.717) is 6.04 Å². The molecule has 3 aromatic rings. The minimum Gasteiger partial charge on any atom is -0.353 e. The van der Waals surface area contributed by atoms with Crippen LogP contribution < -0.4 is 10.2 Å². The van der Waals surface area contributed by atoms with Crippen molar-refractivity contribution in [3.8, 4) is 11.1 Å². The predicted octanol–water partition coefficient (Wildman–Crippen LogP) is 3.46. The van der Waals surface area contributed by atoms with Gasteiger partial charge in [-0.3, -0.25) is 9.69 Å². The van der Waals surface area contributed by atoms with Crippen LogP contribution in [0.2, 0.25) is 0 Å². The first-order chi connectivity index (χ1) is 14.6. The van der Waals surface area contributed by atoms with Crippen molar-refractivity contribution >= 4 is 33.3 Å². The number of aromatic nitrogens is 2. The fourth-order valence-corrected chi connectivity index (χ4v) is 4.99. The van der Waals surface area contributed by atoms with Gasteiger partial charge in [0, 0.05) is 43.2 Å². The number of fused-ring (bicyclic) bond motifs is 1. The minimum absolute atomic E-state index is 0.0811. The number of benzene rings is 1. The number of carbonyl (C=O) groups is 1. The van der Waals surface area contributed by atoms with Crippen LogP contribution in [0.3, 0.4) is 0 Å². The molecule has 30 heavy (non-hydrogen) atoms. The molecule has 1 amide bonds. The van der Waals surface area contributed by atoms with Crippen LogP contribution in [0.15, 0.2) is 36.0 Å². The number of anilines is 1. The number of nitrogens with zero attached hydrogens (tertiary/aromatic N) is 4. The van der Waals surface area contributed by atoms with E-state index in [4.69, 9.17) is 0 Å². The Morgan fingerprint density at radius 1 is 1.13 bits per heavy atom. The van der Waals surface area contributed by atoms with Crippen LogP contribution in [-0.4, -0.2) is 59.0 Å². The normalized spacial score (nSPS) is 18.5. The van der Waals surface area contributed by atoms with Gasteiger partial charge in [0.15, 0.2) is 0 Å². The van der Waals surface area contributed by atoms with Crippen LogP contribution in [0, 0.1) is 6.92 Å². The van der Waals surface area contributed by atoms with Crippen LogP contribution in [0.4, 0.5) is 5.82 Å². The van der Waals surface area contributed by atoms with E-state index in [2.05, 4.69) is 61.7 Å². The molecule has 5 rings (SSSR count). The molecule has 1 atom stereocenters. The van der Waals surface area contributed by atoms with Crippen molar-refractivity contribution in [1.29, 1.82) is 0 Å². The molecule has 1 aromatic carbocycles. The van der Waals surface area contributed by atoms with E-state index in [1.807, 2.05) is 6.92 Å². The van der Waals surface area contributed by atoms with Gasteiger partial charge in [-0.05, 0) is 32.3 Å². The third-order valence-corrected chi connectivity index (χ3v) is 7.06. The zero-order chi connectivity index (χ0) is 20.7. The van der Waals surface area contributed by atoms with Gasteiger partial charge in [0.25, 0.3) is 0 Å². The van der Waals surface area contributed by atoms with E-state index in [1.54, 1.807) is 17.7 Å². The average Bonchev–Trinajstić information content (AvgIpc) is 3.48. The van der Waals surface area contributed by atoms with Gasteiger partial charge in [-0.15, -0.1) is 11.3 Å². The van der Waals surface area contributed by atoms with Crippen molar-refractivity contribution < 1.29 is 4.79 Å². The molecule has 1 N–H and O–H groups in total. The van der Waals surface area contributed by atoms with Crippen molar-refractivity contribution in [3.63, 3.8) is 0 Å². The predicted molar refractivity (Wildman–Crippen MR) is 122 cm³/mol. The Kier molecular flexibility index (Phi) is 5.16. The van der Waals surface area contributed by atoms with Crippen molar-refractivity contribution in [1.82, 2.24) is 20.2 Å². The molecule has 6 nitrogen and oxygen atoms in total. The van der Waals surface area contributed by atoms with Gasteiger partial charge < -0.3 is 10.2 Å². The first kappa shape index (κ1) is 19.5. The maximum atomic E-state index is 12.4. The third-order valence-electron chi connectivity index (χ3n) is 6.18. The second kappa shape index (κ2) is 7.96. The molecule has 1 aliphatic carbocycles. The number of hydrogen-bond donors (Lipinski definition) is 1. The van der Waals surface area contributed by atoms with Crippen molar-refractivity contribution in [2.45, 2.75) is 38.8 Å². The number of amides is 1. The highest BCUT2D eigenvalue weighted by atomic mass is 32.1. The van der Waals surface area contributed by atoms with Crippen LogP contribution in [0.25, 0.3) is 21.3 Å². The monoisotopic (exact) mass is 421 g/mol. The molecule has 7 heteroatoms. The Bertz CT molecular complexity index is 1050. The molecular weight excluding hydrogens is 394 g/mol. The smallest absolute Gasteiger partial charge is 0.237 e. The second-order valence-electron chi connectivity index (χ2n) is 8.37. The Morgan fingerprint density at radius 2 is 1.87 bits per heavy atom. The zero-order valence-corrected chi connectivity index (χ0v) is 18.3. The molecule has 2 fully saturated rings. The van der Waals surface area contributed by atoms with E-state index < -0.39 is 0 Å². The molecule has 2 aromatic heterocycles. The maximum Gasteiger partial charge on any atom is 0.237 e. The number of aryl methyl sites for hydroxylation is 1. The molecule has 1 saturated heterocycles. The first-order valence-corrected chi connectivity index (χ1v) is 11.6. The van der Waals surface area contributed by atoms with Crippen LogP contribution in [-0.2, 0) is 4.79 Å². The summed E-state index contributed by atoms with van der Waals surface area (Å²) in [7, 11) is 0. The fourth-order valence-electron chi connectivity index (χ4n) is 4.08. The van der Waals surface area contributed by atoms with Gasteiger partial charge in [0.1, 0.15) is 17.0 Å². The standard InChI is InChI=1S/C23H27N5OS/c1-15-3-5-17(6-4-15)19-13-30-23-20(19)21(24-14-25-23)28-11-9-27(10-12-28)16(2)22(29)26-18-7-8-18/h3-6,13-14,16,18H,7-12H2,1-2H3,(H,26,29). The van der Waals surface area contributed by atoms with Gasteiger partial charge >= 0.3 is 0 Å². The van der Waals surface area contributed by atoms with Gasteiger partial charge in [-0.25, -0.2) is 9.97 Å². The summed E-state index contributed by atoms with van der Waals surface area (Å²) in [6.07, 6.45) is 3.92. The van der Waals surface area contributed by atoms with E-state index in [0.717, 1.165) is 55.1 Å². The average molecular weight is 422 g/mol. The summed E-state index contributed by atoms with van der Waals surface area (Å²) in [4.78, 5) is 27.3. The number of nitrogens with one attached hydrogen (secondary N) is 1. The SMILES string of the molecule is Cc1ccc(-c2csc3ncnc(N4CCN(C(C)C(=O)NC5CC5)CC4)c23)cc1. The minimum atomic E-state index is -0.0811. The summed E-state index contributed by atoms with van der Waals surface area (Å²) in [5, 5.41) is 6.46. The lowest BCUT2D eigenvalue weighted by Crippen LogP contribution is -2.54. The van der Waals surface area contributed by atoms with Crippen LogP contribution in [0.5, 0.6) is 0 Å². The molecule has 0 spiro atoms. The second-order valence-corrected chi connectivity index (χ2v) is 9.23. The van der Waals surface area contributed by atoms with E-state index >= 15 is 0 Å². The Hall–Kier alpha value is -2.51. The fraction of sp³-hybridized carbons (Fsp3) is 0.435. The highest BCUT2D eigenvalue weighted by molar-refractivity contribution is 7.17. The van der Waals surface area contributed by atoms with Gasteiger partial charge in [-0.2, -0.15) is 0 Å². The van der Waals surface area contributed by atoms with Crippen molar-refractivity contribution in [2.75, 3.05) is 31.1 Å². The summed E-state index contributed by atoms with van der Waals surface area (Å²) < 4.78 is 0. The summed E-state index contributed by atoms with van der Waals surface area (Å²) in [5.74, 6) is 1.17. The number of hydrogen-bond acceptors (Lipinski definition) is 6. The molecule has 0 radical (unpaired) electrons. The largest absolute Gasteiger partial charge is 0.353 e. The Balaban J connectivity index is 1.36. The van der Waals surface area contributed by atoms with Crippen molar-refractivity contribution in [3.05, 3.63) is 41.5 Å². The quantitative estimate of drug-likeness (QED) is 0.684. The number of carbonyl (C=O) groups excluding carboxylic acids is 1. The van der Waals surface area contributed by atoms with E-state index in [1.165, 1.54) is 16.7 Å². The number of piperazine rings is 1. The van der Waals surface area contributed by atoms with Crippen LogP contribution in [0.1, 0.15) is 25.3 Å². The molecule has 156 valence electrons. The zero-order valence-electron chi connectivity index (χ0n) is 17.5. The van der Waals surface area contributed by atoms with Gasteiger partial charge in [0.05, 0.1) is 11.4 Å². The van der Waals surface area contributed by atoms with E-state index in [9.17, 15) is 4.79 Å². The van der Waals surface area contributed by atoms with E-state index in [-0.39, 0.29) is 11.9 Å². The highest BCUT2D eigenvalue weighted by Crippen LogP contribution is 2.38. The molecular formula is C23H27N5OS. The Morgan fingerprint density at radius 3 is 2.57 bits per heavy atom.